The third kappa shape index (κ3) is 5.21. The molecule has 1 radical (unpaired) electrons. The zero-order valence-electron chi connectivity index (χ0n) is 8.95. The van der Waals surface area contributed by atoms with Crippen molar-refractivity contribution < 1.29 is 9.53 Å². The molecular weight excluding hydrogens is 188 g/mol. The molecule has 0 aliphatic heterocycles. The van der Waals surface area contributed by atoms with E-state index in [0.717, 1.165) is 25.7 Å². The number of hydrogen-bond acceptors (Lipinski definition) is 2. The molecule has 0 bridgehead atoms. The molecule has 0 aliphatic carbocycles. The highest BCUT2D eigenvalue weighted by molar-refractivity contribution is 5.72. The maximum Gasteiger partial charge on any atom is 0.311 e. The molecule has 0 spiro atoms. The average Bonchev–Trinajstić information content (AvgIpc) is 2.26. The van der Waals surface area contributed by atoms with Crippen LogP contribution in [0.25, 0.3) is 0 Å². The van der Waals surface area contributed by atoms with Crippen LogP contribution in [0.5, 0.6) is 5.75 Å². The van der Waals surface area contributed by atoms with Crippen molar-refractivity contribution in [3.8, 4) is 5.75 Å². The second-order valence-electron chi connectivity index (χ2n) is 3.45. The van der Waals surface area contributed by atoms with Gasteiger partial charge >= 0.3 is 5.97 Å². The Morgan fingerprint density at radius 3 is 2.53 bits per heavy atom. The lowest BCUT2D eigenvalue weighted by atomic mass is 10.1. The summed E-state index contributed by atoms with van der Waals surface area (Å²) < 4.78 is 5.14. The zero-order chi connectivity index (χ0) is 10.9. The second-order valence-corrected chi connectivity index (χ2v) is 3.45. The van der Waals surface area contributed by atoms with Gasteiger partial charge < -0.3 is 4.74 Å². The molecule has 2 heteroatoms. The molecule has 81 valence electrons. The number of unbranched alkanes of at least 4 members (excludes halogenated alkanes) is 3. The maximum absolute atomic E-state index is 11.3. The molecule has 0 amide bonds. The van der Waals surface area contributed by atoms with Gasteiger partial charge in [-0.25, -0.2) is 0 Å². The van der Waals surface area contributed by atoms with E-state index in [-0.39, 0.29) is 5.97 Å². The summed E-state index contributed by atoms with van der Waals surface area (Å²) in [5.41, 5.74) is 0. The monoisotopic (exact) mass is 205 g/mol. The summed E-state index contributed by atoms with van der Waals surface area (Å²) in [6.07, 6.45) is 4.45. The quantitative estimate of drug-likeness (QED) is 0.404. The van der Waals surface area contributed by atoms with Crippen LogP contribution >= 0.6 is 0 Å². The van der Waals surface area contributed by atoms with Crippen LogP contribution < -0.4 is 4.74 Å². The Kier molecular flexibility index (Phi) is 5.52. The molecule has 15 heavy (non-hydrogen) atoms. The molecule has 0 fully saturated rings. The fourth-order valence-corrected chi connectivity index (χ4v) is 1.29. The van der Waals surface area contributed by atoms with Crippen molar-refractivity contribution in [3.05, 3.63) is 37.3 Å². The summed E-state index contributed by atoms with van der Waals surface area (Å²) in [5.74, 6) is 0.477. The molecule has 0 N–H and O–H groups in total. The third-order valence-corrected chi connectivity index (χ3v) is 2.11. The van der Waals surface area contributed by atoms with Gasteiger partial charge in [0, 0.05) is 6.42 Å². The molecule has 1 aromatic carbocycles. The first kappa shape index (κ1) is 11.8. The summed E-state index contributed by atoms with van der Waals surface area (Å²) in [5, 5.41) is 0. The van der Waals surface area contributed by atoms with E-state index in [4.69, 9.17) is 4.74 Å². The largest absolute Gasteiger partial charge is 0.427 e. The number of carbonyl (C=O) groups is 1. The highest BCUT2D eigenvalue weighted by atomic mass is 16.5. The molecule has 0 atom stereocenters. The van der Waals surface area contributed by atoms with Gasteiger partial charge in [-0.15, -0.1) is 0 Å². The standard InChI is InChI=1S/C13H17O2/c1-2-3-4-8-11-13(14)15-12-9-6-5-7-10-12/h5-7,9-10H,1-4,8,11H2. The van der Waals surface area contributed by atoms with Crippen molar-refractivity contribution >= 4 is 5.97 Å². The van der Waals surface area contributed by atoms with Crippen LogP contribution in [0, 0.1) is 6.92 Å². The van der Waals surface area contributed by atoms with Crippen LogP contribution in [0.3, 0.4) is 0 Å². The van der Waals surface area contributed by atoms with Gasteiger partial charge in [0.1, 0.15) is 5.75 Å². The molecule has 0 saturated carbocycles. The Labute approximate surface area is 91.3 Å². The number of para-hydroxylation sites is 1. The lowest BCUT2D eigenvalue weighted by Crippen LogP contribution is -2.07. The first-order valence-electron chi connectivity index (χ1n) is 5.38. The fraction of sp³-hybridized carbons (Fsp3) is 0.385. The van der Waals surface area contributed by atoms with Gasteiger partial charge in [0.2, 0.25) is 0 Å². The molecule has 0 unspecified atom stereocenters. The average molecular weight is 205 g/mol. The maximum atomic E-state index is 11.3. The highest BCUT2D eigenvalue weighted by Gasteiger charge is 2.03. The summed E-state index contributed by atoms with van der Waals surface area (Å²) >= 11 is 0. The smallest absolute Gasteiger partial charge is 0.311 e. The van der Waals surface area contributed by atoms with Gasteiger partial charge in [0.15, 0.2) is 0 Å². The summed E-state index contributed by atoms with van der Waals surface area (Å²) in [6.45, 7) is 3.75. The van der Waals surface area contributed by atoms with E-state index in [1.165, 1.54) is 0 Å². The number of ether oxygens (including phenoxy) is 1. The predicted octanol–water partition coefficient (Wildman–Crippen LogP) is 3.38. The zero-order valence-corrected chi connectivity index (χ0v) is 8.95. The van der Waals surface area contributed by atoms with Crippen LogP contribution in [-0.2, 0) is 4.79 Å². The van der Waals surface area contributed by atoms with E-state index in [0.29, 0.717) is 12.2 Å². The van der Waals surface area contributed by atoms with E-state index in [1.807, 2.05) is 18.2 Å². The lowest BCUT2D eigenvalue weighted by molar-refractivity contribution is -0.134. The minimum Gasteiger partial charge on any atom is -0.427 e. The lowest BCUT2D eigenvalue weighted by Gasteiger charge is -2.03. The summed E-state index contributed by atoms with van der Waals surface area (Å²) in [4.78, 5) is 11.3. The minimum absolute atomic E-state index is 0.148. The molecule has 0 heterocycles. The Balaban J connectivity index is 2.19. The van der Waals surface area contributed by atoms with Gasteiger partial charge in [-0.05, 0) is 18.6 Å². The minimum atomic E-state index is -0.148. The van der Waals surface area contributed by atoms with E-state index >= 15 is 0 Å². The van der Waals surface area contributed by atoms with Crippen LogP contribution in [0.15, 0.2) is 30.3 Å². The van der Waals surface area contributed by atoms with Crippen molar-refractivity contribution in [1.82, 2.24) is 0 Å². The molecule has 0 saturated heterocycles. The third-order valence-electron chi connectivity index (χ3n) is 2.11. The van der Waals surface area contributed by atoms with Gasteiger partial charge in [-0.3, -0.25) is 4.79 Å². The van der Waals surface area contributed by atoms with Crippen molar-refractivity contribution in [2.24, 2.45) is 0 Å². The summed E-state index contributed by atoms with van der Waals surface area (Å²) in [6, 6.07) is 9.17. The highest BCUT2D eigenvalue weighted by Crippen LogP contribution is 2.10. The summed E-state index contributed by atoms with van der Waals surface area (Å²) in [7, 11) is 0. The van der Waals surface area contributed by atoms with E-state index in [1.54, 1.807) is 12.1 Å². The Morgan fingerprint density at radius 1 is 1.13 bits per heavy atom. The Bertz CT molecular complexity index is 280. The number of esters is 1. The molecule has 1 rings (SSSR count). The Hall–Kier alpha value is -1.31. The molecule has 0 aliphatic rings. The van der Waals surface area contributed by atoms with Crippen molar-refractivity contribution in [2.45, 2.75) is 32.1 Å². The van der Waals surface area contributed by atoms with E-state index < -0.39 is 0 Å². The van der Waals surface area contributed by atoms with Gasteiger partial charge in [0.25, 0.3) is 0 Å². The number of carbonyl (C=O) groups excluding carboxylic acids is 1. The van der Waals surface area contributed by atoms with Gasteiger partial charge in [-0.1, -0.05) is 44.4 Å². The van der Waals surface area contributed by atoms with Crippen LogP contribution in [0.4, 0.5) is 0 Å². The molecule has 2 nitrogen and oxygen atoms in total. The topological polar surface area (TPSA) is 26.3 Å². The normalized spacial score (nSPS) is 9.93. The van der Waals surface area contributed by atoms with Crippen molar-refractivity contribution in [3.63, 3.8) is 0 Å². The predicted molar refractivity (Wildman–Crippen MR) is 60.5 cm³/mol. The van der Waals surface area contributed by atoms with Crippen molar-refractivity contribution in [2.75, 3.05) is 0 Å². The van der Waals surface area contributed by atoms with Crippen molar-refractivity contribution in [1.29, 1.82) is 0 Å². The van der Waals surface area contributed by atoms with Gasteiger partial charge in [0.05, 0.1) is 0 Å². The first-order chi connectivity index (χ1) is 7.33. The van der Waals surface area contributed by atoms with Gasteiger partial charge in [-0.2, -0.15) is 0 Å². The Morgan fingerprint density at radius 2 is 1.87 bits per heavy atom. The van der Waals surface area contributed by atoms with Crippen LogP contribution in [-0.4, -0.2) is 5.97 Å². The molecule has 1 aromatic rings. The fourth-order valence-electron chi connectivity index (χ4n) is 1.29. The number of benzene rings is 1. The van der Waals surface area contributed by atoms with E-state index in [9.17, 15) is 4.79 Å². The first-order valence-corrected chi connectivity index (χ1v) is 5.38. The van der Waals surface area contributed by atoms with E-state index in [2.05, 4.69) is 6.92 Å². The molecule has 0 aromatic heterocycles. The van der Waals surface area contributed by atoms with Crippen LogP contribution in [0.2, 0.25) is 0 Å². The number of hydrogen-bond donors (Lipinski definition) is 0. The second kappa shape index (κ2) is 7.04. The molecular formula is C13H17O2. The van der Waals surface area contributed by atoms with Crippen LogP contribution in [0.1, 0.15) is 32.1 Å². The number of rotatable bonds is 6. The SMILES string of the molecule is [CH2]CCCCCC(=O)Oc1ccccc1.